The first-order chi connectivity index (χ1) is 10.2. The lowest BCUT2D eigenvalue weighted by molar-refractivity contribution is 0.336. The summed E-state index contributed by atoms with van der Waals surface area (Å²) in [5, 5.41) is 0. The van der Waals surface area contributed by atoms with E-state index in [9.17, 15) is 0 Å². The summed E-state index contributed by atoms with van der Waals surface area (Å²) < 4.78 is 7.89. The number of imidazole rings is 1. The molecule has 0 saturated carbocycles. The molecule has 108 valence electrons. The van der Waals surface area contributed by atoms with Crippen molar-refractivity contribution in [3.8, 4) is 5.75 Å². The molecule has 2 aromatic carbocycles. The number of aryl methyl sites for hydroxylation is 1. The van der Waals surface area contributed by atoms with Crippen molar-refractivity contribution < 1.29 is 4.74 Å². The number of benzene rings is 2. The fourth-order valence-electron chi connectivity index (χ4n) is 2.59. The summed E-state index contributed by atoms with van der Waals surface area (Å²) >= 11 is 0. The molecule has 0 atom stereocenters. The highest BCUT2D eigenvalue weighted by Gasteiger charge is 2.10. The maximum atomic E-state index is 5.92. The van der Waals surface area contributed by atoms with Crippen molar-refractivity contribution in [2.75, 3.05) is 12.3 Å². The number of nitrogen functional groups attached to an aromatic ring is 1. The molecule has 0 bridgehead atoms. The van der Waals surface area contributed by atoms with E-state index in [2.05, 4.69) is 15.6 Å². The van der Waals surface area contributed by atoms with Crippen LogP contribution in [0.15, 0.2) is 42.5 Å². The molecule has 2 N–H and O–H groups in total. The van der Waals surface area contributed by atoms with E-state index in [1.165, 1.54) is 0 Å². The lowest BCUT2D eigenvalue weighted by atomic mass is 10.1. The molecule has 0 amide bonds. The molecule has 21 heavy (non-hydrogen) atoms. The van der Waals surface area contributed by atoms with E-state index in [1.807, 2.05) is 50.2 Å². The Morgan fingerprint density at radius 1 is 1.19 bits per heavy atom. The summed E-state index contributed by atoms with van der Waals surface area (Å²) in [6.07, 6.45) is 0. The fourth-order valence-corrected chi connectivity index (χ4v) is 2.59. The summed E-state index contributed by atoms with van der Waals surface area (Å²) in [7, 11) is 0. The average Bonchev–Trinajstić information content (AvgIpc) is 2.78. The van der Waals surface area contributed by atoms with E-state index in [4.69, 9.17) is 10.5 Å². The van der Waals surface area contributed by atoms with Crippen molar-refractivity contribution in [1.29, 1.82) is 0 Å². The van der Waals surface area contributed by atoms with Crippen molar-refractivity contribution in [3.63, 3.8) is 0 Å². The lowest BCUT2D eigenvalue weighted by Crippen LogP contribution is -2.05. The van der Waals surface area contributed by atoms with E-state index < -0.39 is 0 Å². The van der Waals surface area contributed by atoms with E-state index in [0.29, 0.717) is 13.2 Å². The molecule has 4 nitrogen and oxygen atoms in total. The zero-order chi connectivity index (χ0) is 14.8. The quantitative estimate of drug-likeness (QED) is 0.746. The highest BCUT2D eigenvalue weighted by molar-refractivity contribution is 5.76. The molecule has 0 fully saturated rings. The topological polar surface area (TPSA) is 53.1 Å². The van der Waals surface area contributed by atoms with E-state index in [1.54, 1.807) is 0 Å². The van der Waals surface area contributed by atoms with Gasteiger partial charge in [0.2, 0.25) is 0 Å². The highest BCUT2D eigenvalue weighted by Crippen LogP contribution is 2.25. The van der Waals surface area contributed by atoms with Gasteiger partial charge in [0.25, 0.3) is 0 Å². The molecule has 3 aromatic rings. The number of hydrogen-bond donors (Lipinski definition) is 1. The number of rotatable bonds is 4. The van der Waals surface area contributed by atoms with Gasteiger partial charge >= 0.3 is 0 Å². The SMILES string of the molecule is CCOc1ccc(N)cc1Cn1c(C)nc2ccccc21. The van der Waals surface area contributed by atoms with Gasteiger partial charge in [-0.2, -0.15) is 0 Å². The summed E-state index contributed by atoms with van der Waals surface area (Å²) in [4.78, 5) is 4.60. The first-order valence-electron chi connectivity index (χ1n) is 7.12. The summed E-state index contributed by atoms with van der Waals surface area (Å²) in [5.74, 6) is 1.87. The predicted octanol–water partition coefficient (Wildman–Crippen LogP) is 3.37. The second-order valence-corrected chi connectivity index (χ2v) is 5.03. The number of hydrogen-bond acceptors (Lipinski definition) is 3. The minimum absolute atomic E-state index is 0.639. The molecular weight excluding hydrogens is 262 g/mol. The van der Waals surface area contributed by atoms with Gasteiger partial charge in [-0.1, -0.05) is 12.1 Å². The van der Waals surface area contributed by atoms with Crippen LogP contribution in [0.2, 0.25) is 0 Å². The van der Waals surface area contributed by atoms with Crippen LogP contribution in [0.3, 0.4) is 0 Å². The maximum Gasteiger partial charge on any atom is 0.124 e. The molecular formula is C17H19N3O. The molecule has 0 radical (unpaired) electrons. The van der Waals surface area contributed by atoms with Crippen LogP contribution in [-0.4, -0.2) is 16.2 Å². The summed E-state index contributed by atoms with van der Waals surface area (Å²) in [5.41, 5.74) is 9.88. The Hall–Kier alpha value is -2.49. The highest BCUT2D eigenvalue weighted by atomic mass is 16.5. The smallest absolute Gasteiger partial charge is 0.124 e. The van der Waals surface area contributed by atoms with Gasteiger partial charge in [0.05, 0.1) is 24.2 Å². The molecule has 0 spiro atoms. The van der Waals surface area contributed by atoms with Crippen LogP contribution in [0.25, 0.3) is 11.0 Å². The summed E-state index contributed by atoms with van der Waals surface area (Å²) in [6, 6.07) is 13.9. The molecule has 0 aliphatic heterocycles. The number of anilines is 1. The minimum Gasteiger partial charge on any atom is -0.494 e. The third-order valence-electron chi connectivity index (χ3n) is 3.56. The van der Waals surface area contributed by atoms with Crippen LogP contribution >= 0.6 is 0 Å². The molecule has 4 heteroatoms. The molecule has 1 aromatic heterocycles. The van der Waals surface area contributed by atoms with Crippen LogP contribution in [-0.2, 0) is 6.54 Å². The second-order valence-electron chi connectivity index (χ2n) is 5.03. The minimum atomic E-state index is 0.639. The third-order valence-corrected chi connectivity index (χ3v) is 3.56. The lowest BCUT2D eigenvalue weighted by Gasteiger charge is -2.13. The Morgan fingerprint density at radius 3 is 2.81 bits per heavy atom. The van der Waals surface area contributed by atoms with Crippen molar-refractivity contribution in [2.45, 2.75) is 20.4 Å². The van der Waals surface area contributed by atoms with Gasteiger partial charge in [0.1, 0.15) is 11.6 Å². The average molecular weight is 281 g/mol. The Balaban J connectivity index is 2.06. The van der Waals surface area contributed by atoms with Crippen molar-refractivity contribution in [2.24, 2.45) is 0 Å². The van der Waals surface area contributed by atoms with Crippen LogP contribution in [0.4, 0.5) is 5.69 Å². The Bertz CT molecular complexity index is 777. The van der Waals surface area contributed by atoms with Gasteiger partial charge in [-0.05, 0) is 44.2 Å². The summed E-state index contributed by atoms with van der Waals surface area (Å²) in [6.45, 7) is 5.35. The molecule has 1 heterocycles. The van der Waals surface area contributed by atoms with Crippen LogP contribution < -0.4 is 10.5 Å². The number of ether oxygens (including phenoxy) is 1. The zero-order valence-electron chi connectivity index (χ0n) is 12.3. The Labute approximate surface area is 124 Å². The van der Waals surface area contributed by atoms with E-state index >= 15 is 0 Å². The van der Waals surface area contributed by atoms with Gasteiger partial charge in [-0.15, -0.1) is 0 Å². The normalized spacial score (nSPS) is 11.0. The number of fused-ring (bicyclic) bond motifs is 1. The van der Waals surface area contributed by atoms with Crippen molar-refractivity contribution in [1.82, 2.24) is 9.55 Å². The van der Waals surface area contributed by atoms with Gasteiger partial charge in [-0.3, -0.25) is 0 Å². The molecule has 3 rings (SSSR count). The number of aromatic nitrogens is 2. The Kier molecular flexibility index (Phi) is 3.52. The molecule has 0 saturated heterocycles. The van der Waals surface area contributed by atoms with E-state index in [0.717, 1.165) is 33.9 Å². The van der Waals surface area contributed by atoms with Gasteiger partial charge in [-0.25, -0.2) is 4.98 Å². The number of nitrogens with two attached hydrogens (primary N) is 1. The third kappa shape index (κ3) is 2.57. The van der Waals surface area contributed by atoms with Gasteiger partial charge in [0.15, 0.2) is 0 Å². The van der Waals surface area contributed by atoms with Gasteiger partial charge in [0, 0.05) is 11.3 Å². The number of para-hydroxylation sites is 2. The molecule has 0 unspecified atom stereocenters. The monoisotopic (exact) mass is 281 g/mol. The van der Waals surface area contributed by atoms with Crippen LogP contribution in [0.1, 0.15) is 18.3 Å². The first-order valence-corrected chi connectivity index (χ1v) is 7.12. The largest absolute Gasteiger partial charge is 0.494 e. The van der Waals surface area contributed by atoms with E-state index in [-0.39, 0.29) is 0 Å². The van der Waals surface area contributed by atoms with Gasteiger partial charge < -0.3 is 15.0 Å². The van der Waals surface area contributed by atoms with Crippen LogP contribution in [0, 0.1) is 6.92 Å². The Morgan fingerprint density at radius 2 is 2.00 bits per heavy atom. The van der Waals surface area contributed by atoms with Crippen LogP contribution in [0.5, 0.6) is 5.75 Å². The second kappa shape index (κ2) is 5.48. The predicted molar refractivity (Wildman–Crippen MR) is 85.6 cm³/mol. The number of nitrogens with zero attached hydrogens (tertiary/aromatic N) is 2. The molecule has 0 aliphatic carbocycles. The first kappa shape index (κ1) is 13.5. The van der Waals surface area contributed by atoms with Crippen molar-refractivity contribution >= 4 is 16.7 Å². The zero-order valence-corrected chi connectivity index (χ0v) is 12.3. The standard InChI is InChI=1S/C17H19N3O/c1-3-21-17-9-8-14(18)10-13(17)11-20-12(2)19-15-6-4-5-7-16(15)20/h4-10H,3,11,18H2,1-2H3. The fraction of sp³-hybridized carbons (Fsp3) is 0.235. The molecule has 0 aliphatic rings. The van der Waals surface area contributed by atoms with Crippen molar-refractivity contribution in [3.05, 3.63) is 53.9 Å². The maximum absolute atomic E-state index is 5.92.